The van der Waals surface area contributed by atoms with Crippen molar-refractivity contribution in [2.45, 2.75) is 91.4 Å². The zero-order valence-electron chi connectivity index (χ0n) is 18.5. The molecule has 4 aliphatic carbocycles. The second kappa shape index (κ2) is 7.57. The Hall–Kier alpha value is -1.06. The number of hydrogen-bond donors (Lipinski definition) is 2. The molecule has 0 amide bonds. The molecule has 29 heavy (non-hydrogen) atoms. The van der Waals surface area contributed by atoms with Crippen LogP contribution in [0.2, 0.25) is 0 Å². The average molecular weight is 405 g/mol. The van der Waals surface area contributed by atoms with Crippen molar-refractivity contribution >= 4 is 11.9 Å². The monoisotopic (exact) mass is 404 g/mol. The quantitative estimate of drug-likeness (QED) is 0.564. The van der Waals surface area contributed by atoms with E-state index in [1.54, 1.807) is 0 Å². The van der Waals surface area contributed by atoms with Gasteiger partial charge in [0.25, 0.3) is 0 Å². The van der Waals surface area contributed by atoms with E-state index in [0.29, 0.717) is 11.3 Å². The first-order valence-corrected chi connectivity index (χ1v) is 12.1. The first-order chi connectivity index (χ1) is 13.7. The summed E-state index contributed by atoms with van der Waals surface area (Å²) >= 11 is 0. The first-order valence-electron chi connectivity index (χ1n) is 12.1. The van der Waals surface area contributed by atoms with E-state index in [2.05, 4.69) is 20.8 Å². The van der Waals surface area contributed by atoms with Crippen LogP contribution >= 0.6 is 0 Å². The molecule has 8 atom stereocenters. The summed E-state index contributed by atoms with van der Waals surface area (Å²) in [5.74, 6) is 1.05. The molecular weight excluding hydrogens is 364 g/mol. The number of rotatable bonds is 5. The van der Waals surface area contributed by atoms with Gasteiger partial charge in [-0.3, -0.25) is 9.59 Å². The highest BCUT2D eigenvalue weighted by atomic mass is 16.4. The van der Waals surface area contributed by atoms with Crippen molar-refractivity contribution in [2.75, 3.05) is 0 Å². The van der Waals surface area contributed by atoms with E-state index in [4.69, 9.17) is 0 Å². The lowest BCUT2D eigenvalue weighted by molar-refractivity contribution is -0.155. The second-order valence-electron chi connectivity index (χ2n) is 11.6. The summed E-state index contributed by atoms with van der Waals surface area (Å²) in [7, 11) is 0. The topological polar surface area (TPSA) is 74.6 Å². The van der Waals surface area contributed by atoms with E-state index in [1.807, 2.05) is 0 Å². The van der Waals surface area contributed by atoms with E-state index < -0.39 is 17.9 Å². The molecule has 0 aromatic carbocycles. The maximum atomic E-state index is 11.3. The fourth-order valence-corrected chi connectivity index (χ4v) is 9.11. The van der Waals surface area contributed by atoms with Gasteiger partial charge in [0, 0.05) is 0 Å². The van der Waals surface area contributed by atoms with Gasteiger partial charge in [0.15, 0.2) is 5.92 Å². The average Bonchev–Trinajstić information content (AvgIpc) is 2.98. The van der Waals surface area contributed by atoms with Crippen LogP contribution in [-0.4, -0.2) is 22.2 Å². The summed E-state index contributed by atoms with van der Waals surface area (Å²) in [5, 5.41) is 18.5. The number of carbonyl (C=O) groups is 2. The molecule has 4 fully saturated rings. The lowest BCUT2D eigenvalue weighted by Crippen LogP contribution is -2.55. The normalized spacial score (nSPS) is 46.6. The van der Waals surface area contributed by atoms with E-state index in [9.17, 15) is 19.8 Å². The Kier molecular flexibility index (Phi) is 5.53. The molecule has 0 radical (unpaired) electrons. The highest BCUT2D eigenvalue weighted by Crippen LogP contribution is 2.68. The van der Waals surface area contributed by atoms with E-state index in [-0.39, 0.29) is 11.8 Å². The van der Waals surface area contributed by atoms with Crippen molar-refractivity contribution in [1.29, 1.82) is 0 Å². The fraction of sp³-hybridized carbons (Fsp3) is 0.920. The number of carboxylic acids is 2. The van der Waals surface area contributed by atoms with Gasteiger partial charge >= 0.3 is 11.9 Å². The van der Waals surface area contributed by atoms with Gasteiger partial charge < -0.3 is 10.2 Å². The van der Waals surface area contributed by atoms with Crippen LogP contribution in [-0.2, 0) is 9.59 Å². The predicted octanol–water partition coefficient (Wildman–Crippen LogP) is 5.85. The molecule has 2 N–H and O–H groups in total. The van der Waals surface area contributed by atoms with Crippen LogP contribution in [0, 0.1) is 52.3 Å². The Bertz CT molecular complexity index is 645. The number of carboxylic acid groups (broad SMARTS) is 2. The maximum Gasteiger partial charge on any atom is 0.317 e. The van der Waals surface area contributed by atoms with Gasteiger partial charge in [0.05, 0.1) is 0 Å². The van der Waals surface area contributed by atoms with Gasteiger partial charge in [-0.05, 0) is 104 Å². The van der Waals surface area contributed by atoms with E-state index in [1.165, 1.54) is 51.4 Å². The number of hydrogen-bond acceptors (Lipinski definition) is 2. The van der Waals surface area contributed by atoms with Gasteiger partial charge in [-0.15, -0.1) is 0 Å². The van der Waals surface area contributed by atoms with Gasteiger partial charge in [0.1, 0.15) is 0 Å². The summed E-state index contributed by atoms with van der Waals surface area (Å²) < 4.78 is 0. The third kappa shape index (κ3) is 3.33. The van der Waals surface area contributed by atoms with Crippen LogP contribution in [0.1, 0.15) is 91.4 Å². The highest BCUT2D eigenvalue weighted by Gasteiger charge is 2.60. The number of fused-ring (bicyclic) bond motifs is 5. The van der Waals surface area contributed by atoms with Crippen molar-refractivity contribution in [2.24, 2.45) is 52.3 Å². The summed E-state index contributed by atoms with van der Waals surface area (Å²) in [6, 6.07) is 0. The molecule has 4 nitrogen and oxygen atoms in total. The lowest BCUT2D eigenvalue weighted by Gasteiger charge is -2.62. The van der Waals surface area contributed by atoms with Crippen molar-refractivity contribution in [3.63, 3.8) is 0 Å². The maximum absolute atomic E-state index is 11.3. The summed E-state index contributed by atoms with van der Waals surface area (Å²) in [6.45, 7) is 7.58. The Labute approximate surface area is 175 Å². The predicted molar refractivity (Wildman–Crippen MR) is 112 cm³/mol. The van der Waals surface area contributed by atoms with Crippen LogP contribution in [0.4, 0.5) is 0 Å². The fourth-order valence-electron chi connectivity index (χ4n) is 9.11. The summed E-state index contributed by atoms with van der Waals surface area (Å²) in [5.41, 5.74) is 0.804. The Morgan fingerprint density at radius 3 is 2.28 bits per heavy atom. The minimum absolute atomic E-state index is 0.278. The molecule has 0 bridgehead atoms. The molecule has 164 valence electrons. The molecule has 0 saturated heterocycles. The van der Waals surface area contributed by atoms with Gasteiger partial charge in [-0.25, -0.2) is 0 Å². The molecule has 4 rings (SSSR count). The van der Waals surface area contributed by atoms with Gasteiger partial charge in [-0.1, -0.05) is 33.6 Å². The van der Waals surface area contributed by atoms with Gasteiger partial charge in [-0.2, -0.15) is 0 Å². The first kappa shape index (κ1) is 21.2. The number of aliphatic carboxylic acids is 2. The molecule has 0 spiro atoms. The third-order valence-corrected chi connectivity index (χ3v) is 10.5. The SMILES string of the molecule is C[C@H]1CC2C3CCC(CCC(C(=O)O)C(=O)O)C3(C)CC[C@@H]2C2(C)CCCCC12. The van der Waals surface area contributed by atoms with Crippen LogP contribution in [0.5, 0.6) is 0 Å². The zero-order chi connectivity index (χ0) is 21.0. The molecule has 6 unspecified atom stereocenters. The Balaban J connectivity index is 1.51. The molecule has 0 aliphatic heterocycles. The van der Waals surface area contributed by atoms with Crippen LogP contribution < -0.4 is 0 Å². The Morgan fingerprint density at radius 1 is 0.897 bits per heavy atom. The second-order valence-corrected chi connectivity index (χ2v) is 11.6. The summed E-state index contributed by atoms with van der Waals surface area (Å²) in [4.78, 5) is 22.6. The van der Waals surface area contributed by atoms with Crippen molar-refractivity contribution in [1.82, 2.24) is 0 Å². The Morgan fingerprint density at radius 2 is 1.59 bits per heavy atom. The molecule has 0 aromatic rings. The van der Waals surface area contributed by atoms with Crippen LogP contribution in [0.3, 0.4) is 0 Å². The molecule has 4 aliphatic rings. The molecule has 4 heteroatoms. The largest absolute Gasteiger partial charge is 0.481 e. The molecule has 4 saturated carbocycles. The third-order valence-electron chi connectivity index (χ3n) is 10.5. The lowest BCUT2D eigenvalue weighted by atomic mass is 9.43. The smallest absolute Gasteiger partial charge is 0.317 e. The standard InChI is InChI=1S/C25H40O4/c1-15-14-18-20-10-8-16(7-9-17(22(26)27)23(28)29)24(20,2)13-11-21(18)25(3)12-5-4-6-19(15)25/h15-21H,4-14H2,1-3H3,(H,26,27)(H,28,29)/t15-,16?,18?,19?,20?,21-,24?,25?/m0/s1. The van der Waals surface area contributed by atoms with Crippen LogP contribution in [0.15, 0.2) is 0 Å². The molecule has 0 heterocycles. The van der Waals surface area contributed by atoms with Crippen molar-refractivity contribution in [3.8, 4) is 0 Å². The van der Waals surface area contributed by atoms with Crippen molar-refractivity contribution < 1.29 is 19.8 Å². The minimum Gasteiger partial charge on any atom is -0.481 e. The van der Waals surface area contributed by atoms with E-state index in [0.717, 1.165) is 42.4 Å². The zero-order valence-corrected chi connectivity index (χ0v) is 18.5. The van der Waals surface area contributed by atoms with Gasteiger partial charge in [0.2, 0.25) is 0 Å². The van der Waals surface area contributed by atoms with Crippen LogP contribution in [0.25, 0.3) is 0 Å². The molecular formula is C25H40O4. The molecule has 0 aromatic heterocycles. The highest BCUT2D eigenvalue weighted by molar-refractivity contribution is 5.92. The van der Waals surface area contributed by atoms with Crippen molar-refractivity contribution in [3.05, 3.63) is 0 Å². The minimum atomic E-state index is -1.24. The summed E-state index contributed by atoms with van der Waals surface area (Å²) in [6.07, 6.45) is 13.1. The van der Waals surface area contributed by atoms with E-state index >= 15 is 0 Å².